The van der Waals surface area contributed by atoms with Crippen LogP contribution in [0.3, 0.4) is 0 Å². The van der Waals surface area contributed by atoms with Gasteiger partial charge in [0.25, 0.3) is 23.2 Å². The minimum absolute atomic E-state index is 0.0151. The topological polar surface area (TPSA) is 146 Å². The van der Waals surface area contributed by atoms with Gasteiger partial charge in [-0.15, -0.1) is 16.4 Å². The van der Waals surface area contributed by atoms with E-state index in [1.807, 2.05) is 31.4 Å². The van der Waals surface area contributed by atoms with Crippen molar-refractivity contribution in [3.05, 3.63) is 78.2 Å². The van der Waals surface area contributed by atoms with Crippen molar-refractivity contribution in [1.82, 2.24) is 14.6 Å². The van der Waals surface area contributed by atoms with Crippen LogP contribution in [-0.2, 0) is 0 Å². The molecule has 4 aromatic rings. The predicted molar refractivity (Wildman–Crippen MR) is 118 cm³/mol. The first-order chi connectivity index (χ1) is 15.2. The Morgan fingerprint density at radius 3 is 2.31 bits per heavy atom. The normalized spacial score (nSPS) is 11.0. The number of fused-ring (bicyclic) bond motifs is 1. The fourth-order valence-electron chi connectivity index (χ4n) is 3.39. The first-order valence-electron chi connectivity index (χ1n) is 9.32. The van der Waals surface area contributed by atoms with Crippen LogP contribution in [0, 0.1) is 41.0 Å². The van der Waals surface area contributed by atoms with E-state index < -0.39 is 27.1 Å². The second kappa shape index (κ2) is 7.81. The van der Waals surface area contributed by atoms with Crippen molar-refractivity contribution in [1.29, 1.82) is 0 Å². The standard InChI is InChI=1S/C20H16N6O5S/c1-10-4-5-14(11(2)6-10)17-9-32-20-22-19(23-24(17)20)21-18(27)13-7-15(25(28)29)12(3)16(8-13)26(30)31/h4-9H,1-3H3,(H,21,23,27). The fraction of sp³-hybridized carbons (Fsp3) is 0.150. The Hall–Kier alpha value is -4.19. The molecule has 0 unspecified atom stereocenters. The minimum atomic E-state index is -0.789. The number of benzene rings is 2. The highest BCUT2D eigenvalue weighted by Gasteiger charge is 2.26. The number of nitro groups is 2. The van der Waals surface area contributed by atoms with Crippen molar-refractivity contribution in [2.45, 2.75) is 20.8 Å². The van der Waals surface area contributed by atoms with Crippen LogP contribution >= 0.6 is 11.3 Å². The second-order valence-corrected chi connectivity index (χ2v) is 8.01. The minimum Gasteiger partial charge on any atom is -0.289 e. The molecule has 0 spiro atoms. The SMILES string of the molecule is Cc1ccc(-c2csc3nc(NC(=O)c4cc([N+](=O)[O-])c(C)c([N+](=O)[O-])c4)nn23)c(C)c1. The quantitative estimate of drug-likeness (QED) is 0.348. The smallest absolute Gasteiger partial charge is 0.279 e. The lowest BCUT2D eigenvalue weighted by molar-refractivity contribution is -0.395. The van der Waals surface area contributed by atoms with E-state index in [-0.39, 0.29) is 17.1 Å². The molecule has 1 amide bonds. The maximum atomic E-state index is 12.7. The molecule has 1 N–H and O–H groups in total. The van der Waals surface area contributed by atoms with Crippen LogP contribution in [0.5, 0.6) is 0 Å². The van der Waals surface area contributed by atoms with Crippen molar-refractivity contribution >= 4 is 39.5 Å². The van der Waals surface area contributed by atoms with Crippen LogP contribution in [-0.4, -0.2) is 30.4 Å². The van der Waals surface area contributed by atoms with Gasteiger partial charge < -0.3 is 0 Å². The Morgan fingerprint density at radius 2 is 1.72 bits per heavy atom. The zero-order valence-electron chi connectivity index (χ0n) is 17.1. The molecule has 0 atom stereocenters. The largest absolute Gasteiger partial charge is 0.289 e. The van der Waals surface area contributed by atoms with Crippen LogP contribution in [0.15, 0.2) is 35.7 Å². The number of hydrogen-bond acceptors (Lipinski definition) is 8. The summed E-state index contributed by atoms with van der Waals surface area (Å²) in [5.74, 6) is -0.804. The van der Waals surface area contributed by atoms with Gasteiger partial charge in [0.05, 0.1) is 21.1 Å². The Kier molecular flexibility index (Phi) is 5.14. The van der Waals surface area contributed by atoms with Gasteiger partial charge in [-0.05, 0) is 26.3 Å². The van der Waals surface area contributed by atoms with Gasteiger partial charge in [0, 0.05) is 23.1 Å². The number of thiazole rings is 1. The molecular weight excluding hydrogens is 436 g/mol. The number of carbonyl (C=O) groups is 1. The summed E-state index contributed by atoms with van der Waals surface area (Å²) in [4.78, 5) is 38.5. The van der Waals surface area contributed by atoms with Crippen molar-refractivity contribution < 1.29 is 14.6 Å². The molecular formula is C20H16N6O5S. The first-order valence-corrected chi connectivity index (χ1v) is 10.2. The third-order valence-electron chi connectivity index (χ3n) is 4.97. The van der Waals surface area contributed by atoms with E-state index >= 15 is 0 Å². The molecule has 2 aromatic carbocycles. The van der Waals surface area contributed by atoms with Gasteiger partial charge in [-0.3, -0.25) is 30.3 Å². The summed E-state index contributed by atoms with van der Waals surface area (Å²) < 4.78 is 1.60. The Bertz CT molecular complexity index is 1390. The van der Waals surface area contributed by atoms with Gasteiger partial charge in [0.2, 0.25) is 4.96 Å². The zero-order valence-corrected chi connectivity index (χ0v) is 18.0. The summed E-state index contributed by atoms with van der Waals surface area (Å²) in [6, 6.07) is 8.02. The average molecular weight is 452 g/mol. The van der Waals surface area contributed by atoms with Gasteiger partial charge in [-0.25, -0.2) is 4.52 Å². The number of aromatic nitrogens is 3. The van der Waals surface area contributed by atoms with Crippen LogP contribution in [0.4, 0.5) is 17.3 Å². The molecule has 2 heterocycles. The fourth-order valence-corrected chi connectivity index (χ4v) is 4.21. The summed E-state index contributed by atoms with van der Waals surface area (Å²) in [6.45, 7) is 5.25. The Morgan fingerprint density at radius 1 is 1.06 bits per heavy atom. The van der Waals surface area contributed by atoms with E-state index in [9.17, 15) is 25.0 Å². The van der Waals surface area contributed by atoms with E-state index in [0.717, 1.165) is 34.5 Å². The highest BCUT2D eigenvalue weighted by Crippen LogP contribution is 2.31. The molecule has 0 aliphatic carbocycles. The number of hydrogen-bond donors (Lipinski definition) is 1. The van der Waals surface area contributed by atoms with E-state index in [4.69, 9.17) is 0 Å². The number of aryl methyl sites for hydroxylation is 2. The number of nitrogens with zero attached hydrogens (tertiary/aromatic N) is 5. The predicted octanol–water partition coefficient (Wildman–Crippen LogP) is 4.45. The number of carbonyl (C=O) groups excluding carboxylic acids is 1. The molecule has 4 rings (SSSR count). The maximum absolute atomic E-state index is 12.7. The molecule has 0 saturated carbocycles. The molecule has 0 saturated heterocycles. The van der Waals surface area contributed by atoms with Gasteiger partial charge in [-0.1, -0.05) is 23.8 Å². The highest BCUT2D eigenvalue weighted by molar-refractivity contribution is 7.15. The monoisotopic (exact) mass is 452 g/mol. The first kappa shape index (κ1) is 21.1. The molecule has 0 radical (unpaired) electrons. The molecule has 0 bridgehead atoms. The van der Waals surface area contributed by atoms with Crippen molar-refractivity contribution in [3.8, 4) is 11.3 Å². The van der Waals surface area contributed by atoms with E-state index in [1.54, 1.807) is 4.52 Å². The lowest BCUT2D eigenvalue weighted by Gasteiger charge is -2.05. The maximum Gasteiger partial charge on any atom is 0.279 e. The molecule has 162 valence electrons. The molecule has 0 aliphatic rings. The Balaban J connectivity index is 1.69. The zero-order chi connectivity index (χ0) is 23.2. The van der Waals surface area contributed by atoms with Gasteiger partial charge in [0.1, 0.15) is 5.56 Å². The molecule has 2 aromatic heterocycles. The molecule has 12 heteroatoms. The average Bonchev–Trinajstić information content (AvgIpc) is 3.28. The summed E-state index contributed by atoms with van der Waals surface area (Å²) >= 11 is 1.34. The second-order valence-electron chi connectivity index (χ2n) is 7.18. The number of rotatable bonds is 5. The van der Waals surface area contributed by atoms with E-state index in [1.165, 1.54) is 18.3 Å². The molecule has 0 aliphatic heterocycles. The van der Waals surface area contributed by atoms with Crippen LogP contribution in [0.25, 0.3) is 16.2 Å². The number of nitro benzene ring substituents is 2. The highest BCUT2D eigenvalue weighted by atomic mass is 32.1. The lowest BCUT2D eigenvalue weighted by atomic mass is 10.0. The van der Waals surface area contributed by atoms with Crippen molar-refractivity contribution in [3.63, 3.8) is 0 Å². The summed E-state index contributed by atoms with van der Waals surface area (Å²) in [5, 5.41) is 31.2. The van der Waals surface area contributed by atoms with Gasteiger partial charge >= 0.3 is 0 Å². The van der Waals surface area contributed by atoms with E-state index in [0.29, 0.717) is 4.96 Å². The number of anilines is 1. The van der Waals surface area contributed by atoms with Gasteiger partial charge in [-0.2, -0.15) is 4.98 Å². The Labute approximate surface area is 184 Å². The van der Waals surface area contributed by atoms with Crippen molar-refractivity contribution in [2.75, 3.05) is 5.32 Å². The van der Waals surface area contributed by atoms with Crippen LogP contribution in [0.1, 0.15) is 27.0 Å². The number of nitrogens with one attached hydrogen (secondary N) is 1. The summed E-state index contributed by atoms with van der Waals surface area (Å²) in [5.41, 5.74) is 2.57. The third-order valence-corrected chi connectivity index (χ3v) is 5.79. The van der Waals surface area contributed by atoms with Crippen LogP contribution < -0.4 is 5.32 Å². The lowest BCUT2D eigenvalue weighted by Crippen LogP contribution is -2.14. The molecule has 32 heavy (non-hydrogen) atoms. The van der Waals surface area contributed by atoms with Crippen LogP contribution in [0.2, 0.25) is 0 Å². The van der Waals surface area contributed by atoms with E-state index in [2.05, 4.69) is 21.5 Å². The molecule has 11 nitrogen and oxygen atoms in total. The van der Waals surface area contributed by atoms with Gasteiger partial charge in [0.15, 0.2) is 0 Å². The van der Waals surface area contributed by atoms with Crippen molar-refractivity contribution in [2.24, 2.45) is 0 Å². The third kappa shape index (κ3) is 3.67. The molecule has 0 fully saturated rings. The number of amides is 1. The summed E-state index contributed by atoms with van der Waals surface area (Å²) in [7, 11) is 0. The summed E-state index contributed by atoms with van der Waals surface area (Å²) in [6.07, 6.45) is 0.